The molecule has 28 heavy (non-hydrogen) atoms. The van der Waals surface area contributed by atoms with Gasteiger partial charge in [-0.25, -0.2) is 0 Å². The quantitative estimate of drug-likeness (QED) is 0.610. The molecule has 0 bridgehead atoms. The van der Waals surface area contributed by atoms with E-state index in [0.717, 1.165) is 28.1 Å². The van der Waals surface area contributed by atoms with Crippen LogP contribution in [0.4, 0.5) is 5.69 Å². The van der Waals surface area contributed by atoms with Crippen LogP contribution in [0, 0.1) is 20.8 Å². The minimum Gasteiger partial charge on any atom is -0.485 e. The first-order valence-corrected chi connectivity index (χ1v) is 9.99. The number of carbonyl (C=O) groups excluding carboxylic acids is 1. The number of para-hydroxylation sites is 1. The normalized spacial score (nSPS) is 10.7. The van der Waals surface area contributed by atoms with Gasteiger partial charge < -0.3 is 14.6 Å². The predicted octanol–water partition coefficient (Wildman–Crippen LogP) is 4.05. The lowest BCUT2D eigenvalue weighted by Crippen LogP contribution is -2.15. The summed E-state index contributed by atoms with van der Waals surface area (Å²) in [4.78, 5) is 12.3. The third-order valence-corrected chi connectivity index (χ3v) is 5.40. The summed E-state index contributed by atoms with van der Waals surface area (Å²) in [5.41, 5.74) is 4.07. The van der Waals surface area contributed by atoms with Gasteiger partial charge in [-0.15, -0.1) is 10.2 Å². The van der Waals surface area contributed by atoms with Gasteiger partial charge >= 0.3 is 0 Å². The number of anilines is 1. The number of hydrogen-bond donors (Lipinski definition) is 1. The van der Waals surface area contributed by atoms with Gasteiger partial charge in [0.15, 0.2) is 11.0 Å². The van der Waals surface area contributed by atoms with Gasteiger partial charge in [-0.3, -0.25) is 4.79 Å². The summed E-state index contributed by atoms with van der Waals surface area (Å²) >= 11 is 1.35. The lowest BCUT2D eigenvalue weighted by Gasteiger charge is -2.10. The first kappa shape index (κ1) is 19.9. The van der Waals surface area contributed by atoms with E-state index in [9.17, 15) is 4.79 Å². The number of nitrogens with zero attached hydrogens (tertiary/aromatic N) is 3. The Balaban J connectivity index is 1.56. The second-order valence-corrected chi connectivity index (χ2v) is 7.61. The summed E-state index contributed by atoms with van der Waals surface area (Å²) in [6.07, 6.45) is 0. The number of hydrogen-bond acceptors (Lipinski definition) is 5. The average Bonchev–Trinajstić information content (AvgIpc) is 3.02. The molecule has 0 aliphatic heterocycles. The highest BCUT2D eigenvalue weighted by molar-refractivity contribution is 7.99. The Labute approximate surface area is 169 Å². The molecule has 0 atom stereocenters. The molecule has 0 unspecified atom stereocenters. The molecule has 0 saturated heterocycles. The van der Waals surface area contributed by atoms with E-state index in [1.807, 2.05) is 74.9 Å². The standard InChI is InChI=1S/C21H24N4O2S/c1-14-9-10-15(2)17(11-14)22-20(26)13-28-21-24-23-19(25(21)4)12-27-18-8-6-5-7-16(18)3/h5-11H,12-13H2,1-4H3,(H,22,26). The molecule has 3 rings (SSSR count). The molecule has 1 N–H and O–H groups in total. The summed E-state index contributed by atoms with van der Waals surface area (Å²) < 4.78 is 7.69. The zero-order valence-electron chi connectivity index (χ0n) is 16.5. The fourth-order valence-corrected chi connectivity index (χ4v) is 3.37. The number of thioether (sulfide) groups is 1. The Kier molecular flexibility index (Phi) is 6.36. The van der Waals surface area contributed by atoms with Crippen LogP contribution in [0.25, 0.3) is 0 Å². The van der Waals surface area contributed by atoms with E-state index in [1.54, 1.807) is 0 Å². The van der Waals surface area contributed by atoms with Crippen LogP contribution >= 0.6 is 11.8 Å². The van der Waals surface area contributed by atoms with Crippen LogP contribution in [-0.4, -0.2) is 26.4 Å². The molecule has 1 heterocycles. The van der Waals surface area contributed by atoms with Gasteiger partial charge in [0.05, 0.1) is 5.75 Å². The van der Waals surface area contributed by atoms with Gasteiger partial charge in [0.2, 0.25) is 5.91 Å². The fraction of sp³-hybridized carbons (Fsp3) is 0.286. The van der Waals surface area contributed by atoms with Gasteiger partial charge in [0.25, 0.3) is 0 Å². The highest BCUT2D eigenvalue weighted by Gasteiger charge is 2.13. The van der Waals surface area contributed by atoms with Gasteiger partial charge in [0.1, 0.15) is 12.4 Å². The van der Waals surface area contributed by atoms with Crippen LogP contribution in [0.3, 0.4) is 0 Å². The minimum atomic E-state index is -0.0700. The zero-order valence-corrected chi connectivity index (χ0v) is 17.3. The van der Waals surface area contributed by atoms with Crippen molar-refractivity contribution in [1.29, 1.82) is 0 Å². The molecule has 0 aliphatic rings. The van der Waals surface area contributed by atoms with Crippen molar-refractivity contribution in [2.45, 2.75) is 32.5 Å². The van der Waals surface area contributed by atoms with Crippen molar-refractivity contribution >= 4 is 23.4 Å². The maximum atomic E-state index is 12.3. The first-order chi connectivity index (χ1) is 13.4. The van der Waals surface area contributed by atoms with Crippen LogP contribution in [0.5, 0.6) is 5.75 Å². The Morgan fingerprint density at radius 3 is 2.68 bits per heavy atom. The second kappa shape index (κ2) is 8.93. The molecule has 0 saturated carbocycles. The highest BCUT2D eigenvalue weighted by Crippen LogP contribution is 2.21. The van der Waals surface area contributed by atoms with E-state index < -0.39 is 0 Å². The van der Waals surface area contributed by atoms with Gasteiger partial charge in [-0.1, -0.05) is 42.1 Å². The number of rotatable bonds is 7. The fourth-order valence-electron chi connectivity index (χ4n) is 2.64. The number of aryl methyl sites for hydroxylation is 3. The molecular formula is C21H24N4O2S. The molecule has 0 aliphatic carbocycles. The molecule has 0 radical (unpaired) electrons. The first-order valence-electron chi connectivity index (χ1n) is 9.00. The van der Waals surface area contributed by atoms with E-state index in [0.29, 0.717) is 17.6 Å². The van der Waals surface area contributed by atoms with Crippen LogP contribution in [0.1, 0.15) is 22.5 Å². The van der Waals surface area contributed by atoms with E-state index in [2.05, 4.69) is 15.5 Å². The molecular weight excluding hydrogens is 372 g/mol. The van der Waals surface area contributed by atoms with Crippen LogP contribution in [0.2, 0.25) is 0 Å². The molecule has 0 fully saturated rings. The monoisotopic (exact) mass is 396 g/mol. The van der Waals surface area contributed by atoms with Crippen molar-refractivity contribution < 1.29 is 9.53 Å². The van der Waals surface area contributed by atoms with Gasteiger partial charge in [0, 0.05) is 12.7 Å². The van der Waals surface area contributed by atoms with Crippen molar-refractivity contribution in [3.8, 4) is 5.75 Å². The smallest absolute Gasteiger partial charge is 0.234 e. The summed E-state index contributed by atoms with van der Waals surface area (Å²) in [6.45, 7) is 6.31. The number of aromatic nitrogens is 3. The third-order valence-electron chi connectivity index (χ3n) is 4.37. The van der Waals surface area contributed by atoms with E-state index >= 15 is 0 Å². The Morgan fingerprint density at radius 1 is 1.11 bits per heavy atom. The van der Waals surface area contributed by atoms with Crippen LogP contribution in [-0.2, 0) is 18.4 Å². The van der Waals surface area contributed by atoms with E-state index in [-0.39, 0.29) is 11.7 Å². The predicted molar refractivity (Wildman–Crippen MR) is 112 cm³/mol. The minimum absolute atomic E-state index is 0.0700. The number of ether oxygens (including phenoxy) is 1. The number of amides is 1. The molecule has 2 aromatic carbocycles. The zero-order chi connectivity index (χ0) is 20.1. The largest absolute Gasteiger partial charge is 0.485 e. The summed E-state index contributed by atoms with van der Waals surface area (Å²) in [5.74, 6) is 1.73. The van der Waals surface area contributed by atoms with Crippen molar-refractivity contribution in [3.05, 3.63) is 65.0 Å². The number of benzene rings is 2. The Bertz CT molecular complexity index is 984. The number of nitrogens with one attached hydrogen (secondary N) is 1. The molecule has 1 aromatic heterocycles. The van der Waals surface area contributed by atoms with Gasteiger partial charge in [-0.2, -0.15) is 0 Å². The lowest BCUT2D eigenvalue weighted by atomic mass is 10.1. The van der Waals surface area contributed by atoms with Crippen molar-refractivity contribution in [2.24, 2.45) is 7.05 Å². The van der Waals surface area contributed by atoms with E-state index in [1.165, 1.54) is 11.8 Å². The van der Waals surface area contributed by atoms with Crippen LogP contribution < -0.4 is 10.1 Å². The molecule has 3 aromatic rings. The Hall–Kier alpha value is -2.80. The average molecular weight is 397 g/mol. The maximum absolute atomic E-state index is 12.3. The number of carbonyl (C=O) groups is 1. The molecule has 0 spiro atoms. The topological polar surface area (TPSA) is 69.0 Å². The second-order valence-electron chi connectivity index (χ2n) is 6.67. The third kappa shape index (κ3) is 4.92. The summed E-state index contributed by atoms with van der Waals surface area (Å²) in [6, 6.07) is 13.8. The molecule has 7 heteroatoms. The SMILES string of the molecule is Cc1ccc(C)c(NC(=O)CSc2nnc(COc3ccccc3C)n2C)c1. The highest BCUT2D eigenvalue weighted by atomic mass is 32.2. The van der Waals surface area contributed by atoms with E-state index in [4.69, 9.17) is 4.74 Å². The van der Waals surface area contributed by atoms with Crippen molar-refractivity contribution in [1.82, 2.24) is 14.8 Å². The summed E-state index contributed by atoms with van der Waals surface area (Å²) in [5, 5.41) is 12.0. The summed E-state index contributed by atoms with van der Waals surface area (Å²) in [7, 11) is 1.88. The maximum Gasteiger partial charge on any atom is 0.234 e. The van der Waals surface area contributed by atoms with Gasteiger partial charge in [-0.05, 0) is 49.6 Å². The molecule has 146 valence electrons. The van der Waals surface area contributed by atoms with Crippen LogP contribution in [0.15, 0.2) is 47.6 Å². The molecule has 1 amide bonds. The lowest BCUT2D eigenvalue weighted by molar-refractivity contribution is -0.113. The molecule has 6 nitrogen and oxygen atoms in total. The van der Waals surface area contributed by atoms with Crippen molar-refractivity contribution in [2.75, 3.05) is 11.1 Å². The Morgan fingerprint density at radius 2 is 1.89 bits per heavy atom. The van der Waals surface area contributed by atoms with Crippen molar-refractivity contribution in [3.63, 3.8) is 0 Å².